The molecule has 1 fully saturated rings. The van der Waals surface area contributed by atoms with Crippen molar-refractivity contribution in [3.63, 3.8) is 0 Å². The van der Waals surface area contributed by atoms with Crippen molar-refractivity contribution in [1.29, 1.82) is 0 Å². The molecule has 0 unspecified atom stereocenters. The number of aliphatic hydroxyl groups excluding tert-OH is 1. The molecule has 2 aliphatic heterocycles. The molecule has 31 heavy (non-hydrogen) atoms. The quantitative estimate of drug-likeness (QED) is 0.649. The summed E-state index contributed by atoms with van der Waals surface area (Å²) in [6, 6.07) is 9.63. The normalized spacial score (nSPS) is 20.9. The summed E-state index contributed by atoms with van der Waals surface area (Å²) >= 11 is 1.62. The van der Waals surface area contributed by atoms with Crippen LogP contribution in [0.25, 0.3) is 0 Å². The van der Waals surface area contributed by atoms with Crippen molar-refractivity contribution < 1.29 is 28.8 Å². The van der Waals surface area contributed by atoms with Crippen molar-refractivity contribution in [1.82, 2.24) is 4.90 Å². The monoisotopic (exact) mass is 447 g/mol. The van der Waals surface area contributed by atoms with Gasteiger partial charge in [-0.25, -0.2) is 0 Å². The maximum Gasteiger partial charge on any atom is 0.203 e. The predicted molar refractivity (Wildman–Crippen MR) is 119 cm³/mol. The number of nitrogens with zero attached hydrogens (tertiary/aromatic N) is 1. The first kappa shape index (κ1) is 21.9. The summed E-state index contributed by atoms with van der Waals surface area (Å²) in [5, 5.41) is 10.8. The zero-order chi connectivity index (χ0) is 21.8. The van der Waals surface area contributed by atoms with Crippen LogP contribution in [-0.2, 0) is 6.54 Å². The minimum atomic E-state index is -0.618. The molecule has 0 amide bonds. The van der Waals surface area contributed by atoms with E-state index in [1.54, 1.807) is 26.0 Å². The molecule has 2 aromatic carbocycles. The molecule has 0 bridgehead atoms. The number of ether oxygens (including phenoxy) is 5. The molecule has 2 heterocycles. The highest BCUT2D eigenvalue weighted by Crippen LogP contribution is 2.40. The smallest absolute Gasteiger partial charge is 0.203 e. The van der Waals surface area contributed by atoms with Gasteiger partial charge in [0.15, 0.2) is 11.5 Å². The van der Waals surface area contributed by atoms with Crippen LogP contribution in [0.4, 0.5) is 0 Å². The first-order valence-electron chi connectivity index (χ1n) is 10.4. The molecule has 2 aliphatic rings. The van der Waals surface area contributed by atoms with Crippen molar-refractivity contribution in [3.05, 3.63) is 35.9 Å². The van der Waals surface area contributed by atoms with Gasteiger partial charge in [0.25, 0.3) is 0 Å². The number of methoxy groups -OCH3 is 2. The Morgan fingerprint density at radius 1 is 1.10 bits per heavy atom. The number of β-amino-alcohol motifs (C(OH)–C–C–N with tert-alkyl or cyclic N) is 1. The Balaban J connectivity index is 1.42. The fraction of sp³-hybridized carbons (Fsp3) is 0.478. The maximum atomic E-state index is 10.8. The minimum absolute atomic E-state index is 0.302. The molecule has 8 heteroatoms. The van der Waals surface area contributed by atoms with E-state index in [0.717, 1.165) is 28.5 Å². The highest BCUT2D eigenvalue weighted by atomic mass is 32.2. The Labute approximate surface area is 187 Å². The van der Waals surface area contributed by atoms with E-state index in [4.69, 9.17) is 23.7 Å². The number of likely N-dealkylation sites (tertiary alicyclic amines) is 1. The van der Waals surface area contributed by atoms with Crippen molar-refractivity contribution in [2.75, 3.05) is 46.8 Å². The van der Waals surface area contributed by atoms with Crippen molar-refractivity contribution in [2.24, 2.45) is 0 Å². The van der Waals surface area contributed by atoms with Crippen molar-refractivity contribution >= 4 is 11.8 Å². The molecule has 0 saturated carbocycles. The second-order valence-electron chi connectivity index (χ2n) is 7.55. The van der Waals surface area contributed by atoms with E-state index in [-0.39, 0.29) is 6.10 Å². The van der Waals surface area contributed by atoms with E-state index in [2.05, 4.69) is 4.90 Å². The van der Waals surface area contributed by atoms with Crippen LogP contribution < -0.4 is 23.7 Å². The largest absolute Gasteiger partial charge is 0.496 e. The van der Waals surface area contributed by atoms with E-state index < -0.39 is 6.10 Å². The third-order valence-electron chi connectivity index (χ3n) is 5.59. The summed E-state index contributed by atoms with van der Waals surface area (Å²) < 4.78 is 28.6. The van der Waals surface area contributed by atoms with Crippen LogP contribution in [0.2, 0.25) is 0 Å². The lowest BCUT2D eigenvalue weighted by Gasteiger charge is -2.36. The maximum absolute atomic E-state index is 10.8. The first-order chi connectivity index (χ1) is 15.1. The summed E-state index contributed by atoms with van der Waals surface area (Å²) in [5.74, 6) is 3.58. The van der Waals surface area contributed by atoms with E-state index in [1.165, 1.54) is 0 Å². The zero-order valence-corrected chi connectivity index (χ0v) is 18.9. The van der Waals surface area contributed by atoms with Gasteiger partial charge >= 0.3 is 0 Å². The lowest BCUT2D eigenvalue weighted by Crippen LogP contribution is -2.48. The summed E-state index contributed by atoms with van der Waals surface area (Å²) in [4.78, 5) is 3.24. The molecule has 1 N–H and O–H groups in total. The Hall–Kier alpha value is -2.29. The van der Waals surface area contributed by atoms with Gasteiger partial charge in [0, 0.05) is 25.2 Å². The number of para-hydroxylation sites is 1. The minimum Gasteiger partial charge on any atom is -0.496 e. The van der Waals surface area contributed by atoms with Gasteiger partial charge in [-0.1, -0.05) is 6.07 Å². The van der Waals surface area contributed by atoms with Gasteiger partial charge in [0.05, 0.1) is 19.1 Å². The second kappa shape index (κ2) is 9.89. The molecule has 0 spiro atoms. The standard InChI is InChI=1S/C23H29NO6S/c1-26-20-12-22(31-3)21(27-2)11-15(20)13-24-8-7-17(16(25)14-24)30-19-6-4-5-18-23(19)29-10-9-28-18/h4-6,11-12,16-17,25H,7-10,13-14H2,1-3H3/t16-,17-/m1/s1. The van der Waals surface area contributed by atoms with Crippen molar-refractivity contribution in [2.45, 2.75) is 30.1 Å². The number of hydrogen-bond acceptors (Lipinski definition) is 8. The third kappa shape index (κ3) is 4.81. The van der Waals surface area contributed by atoms with Gasteiger partial charge in [-0.3, -0.25) is 4.90 Å². The highest BCUT2D eigenvalue weighted by Gasteiger charge is 2.31. The number of rotatable bonds is 7. The predicted octanol–water partition coefficient (Wildman–Crippen LogP) is 3.21. The summed E-state index contributed by atoms with van der Waals surface area (Å²) in [6.07, 6.45) is 1.80. The SMILES string of the molecule is COc1cc(SC)c(OC)cc1CN1CC[C@@H](Oc2cccc3c2OCCO3)[C@H](O)C1. The second-order valence-corrected chi connectivity index (χ2v) is 8.39. The first-order valence-corrected chi connectivity index (χ1v) is 11.6. The van der Waals surface area contributed by atoms with Gasteiger partial charge in [-0.15, -0.1) is 11.8 Å². The van der Waals surface area contributed by atoms with Gasteiger partial charge < -0.3 is 28.8 Å². The molecule has 2 atom stereocenters. The summed E-state index contributed by atoms with van der Waals surface area (Å²) in [6.45, 7) is 2.99. The van der Waals surface area contributed by atoms with Crippen LogP contribution in [0.5, 0.6) is 28.7 Å². The van der Waals surface area contributed by atoms with E-state index in [9.17, 15) is 5.11 Å². The van der Waals surface area contributed by atoms with Gasteiger partial charge in [0.1, 0.15) is 36.9 Å². The van der Waals surface area contributed by atoms with Crippen LogP contribution in [0.15, 0.2) is 35.2 Å². The Morgan fingerprint density at radius 3 is 2.65 bits per heavy atom. The van der Waals surface area contributed by atoms with Gasteiger partial charge in [-0.2, -0.15) is 0 Å². The molecule has 2 aromatic rings. The lowest BCUT2D eigenvalue weighted by molar-refractivity contribution is -0.0291. The average molecular weight is 448 g/mol. The topological polar surface area (TPSA) is 69.6 Å². The molecular formula is C23H29NO6S. The fourth-order valence-electron chi connectivity index (χ4n) is 4.02. The average Bonchev–Trinajstić information content (AvgIpc) is 2.80. The lowest BCUT2D eigenvalue weighted by atomic mass is 10.0. The molecule has 0 aromatic heterocycles. The van der Waals surface area contributed by atoms with E-state index in [1.807, 2.05) is 36.6 Å². The Bertz CT molecular complexity index is 908. The van der Waals surface area contributed by atoms with Crippen LogP contribution in [0.3, 0.4) is 0 Å². The Kier molecular flexibility index (Phi) is 6.99. The van der Waals surface area contributed by atoms with E-state index >= 15 is 0 Å². The zero-order valence-electron chi connectivity index (χ0n) is 18.1. The fourth-order valence-corrected chi connectivity index (χ4v) is 4.58. The molecule has 0 radical (unpaired) electrons. The molecular weight excluding hydrogens is 418 g/mol. The molecule has 1 saturated heterocycles. The van der Waals surface area contributed by atoms with E-state index in [0.29, 0.717) is 50.0 Å². The van der Waals surface area contributed by atoms with Crippen LogP contribution in [0.1, 0.15) is 12.0 Å². The van der Waals surface area contributed by atoms with Gasteiger partial charge in [-0.05, 0) is 36.9 Å². The summed E-state index contributed by atoms with van der Waals surface area (Å²) in [5.41, 5.74) is 1.03. The number of piperidine rings is 1. The Morgan fingerprint density at radius 2 is 1.90 bits per heavy atom. The summed E-state index contributed by atoms with van der Waals surface area (Å²) in [7, 11) is 3.35. The molecule has 7 nitrogen and oxygen atoms in total. The highest BCUT2D eigenvalue weighted by molar-refractivity contribution is 7.98. The number of thioether (sulfide) groups is 1. The van der Waals surface area contributed by atoms with Crippen LogP contribution in [-0.4, -0.2) is 69.0 Å². The number of hydrogen-bond donors (Lipinski definition) is 1. The molecule has 0 aliphatic carbocycles. The number of benzene rings is 2. The molecule has 168 valence electrons. The third-order valence-corrected chi connectivity index (χ3v) is 6.35. The number of aliphatic hydroxyl groups is 1. The number of fused-ring (bicyclic) bond motifs is 1. The molecule has 4 rings (SSSR count). The van der Waals surface area contributed by atoms with Gasteiger partial charge in [0.2, 0.25) is 5.75 Å². The van der Waals surface area contributed by atoms with Crippen LogP contribution in [0, 0.1) is 0 Å². The van der Waals surface area contributed by atoms with Crippen molar-refractivity contribution in [3.8, 4) is 28.7 Å². The van der Waals surface area contributed by atoms with Crippen LogP contribution >= 0.6 is 11.8 Å².